The lowest BCUT2D eigenvalue weighted by Gasteiger charge is -2.22. The fraction of sp³-hybridized carbons (Fsp3) is 1.00. The van der Waals surface area contributed by atoms with Gasteiger partial charge in [0.2, 0.25) is 0 Å². The number of fused-ring (bicyclic) bond motifs is 1. The molecule has 0 aromatic heterocycles. The van der Waals surface area contributed by atoms with Gasteiger partial charge in [-0.25, -0.2) is 0 Å². The van der Waals surface area contributed by atoms with Gasteiger partial charge in [-0.3, -0.25) is 0 Å². The molecule has 0 spiro atoms. The fourth-order valence-electron chi connectivity index (χ4n) is 2.12. The number of rotatable bonds is 1. The second kappa shape index (κ2) is 3.92. The number of hydrogen-bond donors (Lipinski definition) is 1. The molecular weight excluding hydrogens is 176 g/mol. The van der Waals surface area contributed by atoms with Gasteiger partial charge in [-0.05, 0) is 14.1 Å². The van der Waals surface area contributed by atoms with Gasteiger partial charge in [0.1, 0.15) is 0 Å². The van der Waals surface area contributed by atoms with Crippen LogP contribution in [0.15, 0.2) is 0 Å². The molecule has 0 radical (unpaired) electrons. The molecule has 2 saturated heterocycles. The first-order chi connectivity index (χ1) is 5.29. The zero-order valence-electron chi connectivity index (χ0n) is 7.62. The Morgan fingerprint density at radius 2 is 2.08 bits per heavy atom. The molecule has 2 rings (SSSR count). The van der Waals surface area contributed by atoms with Crippen LogP contribution in [0.1, 0.15) is 0 Å². The number of nitrogens with zero attached hydrogens (tertiary/aromatic N) is 1. The third-order valence-corrected chi connectivity index (χ3v) is 2.84. The van der Waals surface area contributed by atoms with Crippen molar-refractivity contribution < 1.29 is 4.74 Å². The zero-order chi connectivity index (χ0) is 7.84. The molecule has 2 fully saturated rings. The first-order valence-electron chi connectivity index (χ1n) is 4.28. The topological polar surface area (TPSA) is 24.5 Å². The van der Waals surface area contributed by atoms with Gasteiger partial charge in [-0.2, -0.15) is 0 Å². The summed E-state index contributed by atoms with van der Waals surface area (Å²) < 4.78 is 5.65. The Morgan fingerprint density at radius 1 is 1.33 bits per heavy atom. The minimum absolute atomic E-state index is 0. The van der Waals surface area contributed by atoms with Crippen molar-refractivity contribution in [3.8, 4) is 0 Å². The van der Waals surface area contributed by atoms with Crippen LogP contribution in [0.3, 0.4) is 0 Å². The van der Waals surface area contributed by atoms with E-state index < -0.39 is 0 Å². The number of halogens is 1. The Kier molecular flexibility index (Phi) is 3.35. The van der Waals surface area contributed by atoms with Crippen LogP contribution in [0, 0.1) is 5.92 Å². The minimum Gasteiger partial charge on any atom is -0.375 e. The molecule has 2 aliphatic rings. The summed E-state index contributed by atoms with van der Waals surface area (Å²) in [5, 5.41) is 3.36. The van der Waals surface area contributed by atoms with Crippen LogP contribution in [0.25, 0.3) is 0 Å². The molecule has 72 valence electrons. The van der Waals surface area contributed by atoms with E-state index in [0.717, 1.165) is 25.6 Å². The molecule has 0 aromatic rings. The van der Waals surface area contributed by atoms with E-state index >= 15 is 0 Å². The summed E-state index contributed by atoms with van der Waals surface area (Å²) in [6, 6.07) is 0.634. The SMILES string of the molecule is CN(C)C1COC2CNCC21.Cl. The van der Waals surface area contributed by atoms with Crippen molar-refractivity contribution in [2.75, 3.05) is 33.8 Å². The van der Waals surface area contributed by atoms with Crippen molar-refractivity contribution >= 4 is 12.4 Å². The Bertz CT molecular complexity index is 154. The van der Waals surface area contributed by atoms with Crippen LogP contribution in [-0.2, 0) is 4.74 Å². The van der Waals surface area contributed by atoms with Crippen LogP contribution in [0.5, 0.6) is 0 Å². The zero-order valence-corrected chi connectivity index (χ0v) is 8.43. The molecule has 3 unspecified atom stereocenters. The van der Waals surface area contributed by atoms with Crippen molar-refractivity contribution in [3.05, 3.63) is 0 Å². The van der Waals surface area contributed by atoms with Crippen LogP contribution in [0.4, 0.5) is 0 Å². The van der Waals surface area contributed by atoms with Gasteiger partial charge < -0.3 is 15.0 Å². The Labute approximate surface area is 79.9 Å². The second-order valence-corrected chi connectivity index (χ2v) is 3.72. The summed E-state index contributed by atoms with van der Waals surface area (Å²) in [5.74, 6) is 0.727. The lowest BCUT2D eigenvalue weighted by molar-refractivity contribution is 0.106. The third kappa shape index (κ3) is 1.59. The van der Waals surface area contributed by atoms with E-state index in [4.69, 9.17) is 4.74 Å². The summed E-state index contributed by atoms with van der Waals surface area (Å²) in [6.45, 7) is 3.10. The normalized spacial score (nSPS) is 39.8. The number of ether oxygens (including phenoxy) is 1. The maximum atomic E-state index is 5.65. The summed E-state index contributed by atoms with van der Waals surface area (Å²) in [6.07, 6.45) is 0.488. The molecule has 0 aliphatic carbocycles. The molecule has 3 nitrogen and oxygen atoms in total. The van der Waals surface area contributed by atoms with Gasteiger partial charge in [-0.15, -0.1) is 12.4 Å². The molecule has 4 heteroatoms. The highest BCUT2D eigenvalue weighted by Crippen LogP contribution is 2.26. The number of hydrogen-bond acceptors (Lipinski definition) is 3. The highest BCUT2D eigenvalue weighted by Gasteiger charge is 2.41. The molecule has 0 saturated carbocycles. The molecule has 0 aromatic carbocycles. The van der Waals surface area contributed by atoms with Gasteiger partial charge in [0, 0.05) is 25.0 Å². The van der Waals surface area contributed by atoms with Crippen LogP contribution in [0.2, 0.25) is 0 Å². The van der Waals surface area contributed by atoms with Crippen LogP contribution < -0.4 is 5.32 Å². The molecule has 12 heavy (non-hydrogen) atoms. The highest BCUT2D eigenvalue weighted by atomic mass is 35.5. The molecule has 0 amide bonds. The maximum Gasteiger partial charge on any atom is 0.0756 e. The van der Waals surface area contributed by atoms with E-state index in [9.17, 15) is 0 Å². The summed E-state index contributed by atoms with van der Waals surface area (Å²) in [5.41, 5.74) is 0. The van der Waals surface area contributed by atoms with E-state index in [1.807, 2.05) is 0 Å². The lowest BCUT2D eigenvalue weighted by Crippen LogP contribution is -2.36. The average molecular weight is 193 g/mol. The summed E-state index contributed by atoms with van der Waals surface area (Å²) in [4.78, 5) is 2.28. The third-order valence-electron chi connectivity index (χ3n) is 2.84. The van der Waals surface area contributed by atoms with Crippen LogP contribution >= 0.6 is 12.4 Å². The predicted molar refractivity (Wildman–Crippen MR) is 50.8 cm³/mol. The van der Waals surface area contributed by atoms with Crippen molar-refractivity contribution in [1.29, 1.82) is 0 Å². The van der Waals surface area contributed by atoms with Gasteiger partial charge in [0.15, 0.2) is 0 Å². The van der Waals surface area contributed by atoms with Crippen LogP contribution in [-0.4, -0.2) is 50.8 Å². The highest BCUT2D eigenvalue weighted by molar-refractivity contribution is 5.85. The van der Waals surface area contributed by atoms with E-state index in [1.54, 1.807) is 0 Å². The monoisotopic (exact) mass is 192 g/mol. The quantitative estimate of drug-likeness (QED) is 0.631. The Hall–Kier alpha value is 0.170. The van der Waals surface area contributed by atoms with Gasteiger partial charge in [-0.1, -0.05) is 0 Å². The molecular formula is C8H17ClN2O. The summed E-state index contributed by atoms with van der Waals surface area (Å²) >= 11 is 0. The number of likely N-dealkylation sites (N-methyl/N-ethyl adjacent to an activating group) is 1. The van der Waals surface area contributed by atoms with Gasteiger partial charge >= 0.3 is 0 Å². The Balaban J connectivity index is 0.000000720. The van der Waals surface area contributed by atoms with E-state index in [0.29, 0.717) is 12.1 Å². The molecule has 2 aliphatic heterocycles. The fourth-order valence-corrected chi connectivity index (χ4v) is 2.12. The van der Waals surface area contributed by atoms with Crippen molar-refractivity contribution in [2.45, 2.75) is 12.1 Å². The standard InChI is InChI=1S/C8H16N2O.ClH/c1-10(2)7-5-11-8-4-9-3-6(7)8;/h6-9H,3-5H2,1-2H3;1H. The molecule has 1 N–H and O–H groups in total. The smallest absolute Gasteiger partial charge is 0.0756 e. The predicted octanol–water partition coefficient (Wildman–Crippen LogP) is -0.0434. The Morgan fingerprint density at radius 3 is 2.75 bits per heavy atom. The first kappa shape index (κ1) is 10.3. The molecule has 3 atom stereocenters. The van der Waals surface area contributed by atoms with Crippen molar-refractivity contribution in [3.63, 3.8) is 0 Å². The maximum absolute atomic E-state index is 5.65. The average Bonchev–Trinajstić information content (AvgIpc) is 2.41. The van der Waals surface area contributed by atoms with E-state index in [2.05, 4.69) is 24.3 Å². The number of nitrogens with one attached hydrogen (secondary N) is 1. The molecule has 2 heterocycles. The van der Waals surface area contributed by atoms with Crippen molar-refractivity contribution in [2.24, 2.45) is 5.92 Å². The van der Waals surface area contributed by atoms with Crippen molar-refractivity contribution in [1.82, 2.24) is 10.2 Å². The summed E-state index contributed by atoms with van der Waals surface area (Å²) in [7, 11) is 4.27. The van der Waals surface area contributed by atoms with E-state index in [1.165, 1.54) is 0 Å². The largest absolute Gasteiger partial charge is 0.375 e. The van der Waals surface area contributed by atoms with Gasteiger partial charge in [0.05, 0.1) is 12.7 Å². The van der Waals surface area contributed by atoms with E-state index in [-0.39, 0.29) is 12.4 Å². The lowest BCUT2D eigenvalue weighted by atomic mass is 10.00. The minimum atomic E-state index is 0. The van der Waals surface area contributed by atoms with Gasteiger partial charge in [0.25, 0.3) is 0 Å². The first-order valence-corrected chi connectivity index (χ1v) is 4.28. The second-order valence-electron chi connectivity index (χ2n) is 3.72. The molecule has 0 bridgehead atoms.